The molecule has 0 heterocycles. The van der Waals surface area contributed by atoms with E-state index < -0.39 is 12.0 Å². The molecule has 0 amide bonds. The Balaban J connectivity index is 2.59. The van der Waals surface area contributed by atoms with Gasteiger partial charge < -0.3 is 16.2 Å². The molecule has 98 valence electrons. The zero-order valence-electron chi connectivity index (χ0n) is 10.2. The molecule has 4 N–H and O–H groups in total. The van der Waals surface area contributed by atoms with Crippen molar-refractivity contribution < 1.29 is 9.53 Å². The Hall–Kier alpha value is -1.72. The van der Waals surface area contributed by atoms with E-state index in [-0.39, 0.29) is 11.2 Å². The van der Waals surface area contributed by atoms with Gasteiger partial charge >= 0.3 is 5.97 Å². The Bertz CT molecular complexity index is 448. The Morgan fingerprint density at radius 3 is 2.67 bits per heavy atom. The van der Waals surface area contributed by atoms with Gasteiger partial charge in [0.15, 0.2) is 5.75 Å². The monoisotopic (exact) mass is 250 g/mol. The minimum Gasteiger partial charge on any atom is -0.421 e. The lowest BCUT2D eigenvalue weighted by Gasteiger charge is -2.09. The Morgan fingerprint density at radius 1 is 1.22 bits per heavy atom. The van der Waals surface area contributed by atoms with Crippen LogP contribution in [0.25, 0.3) is 0 Å². The summed E-state index contributed by atoms with van der Waals surface area (Å²) in [6.45, 7) is 0.570. The average molecular weight is 250 g/mol. The molecule has 0 aromatic heterocycles. The summed E-state index contributed by atoms with van der Waals surface area (Å²) in [6, 6.07) is 6.96. The normalized spacial score (nSPS) is 11.9. The molecule has 1 aromatic carbocycles. The molecular weight excluding hydrogens is 232 g/mol. The van der Waals surface area contributed by atoms with Crippen LogP contribution in [0.5, 0.6) is 5.75 Å². The molecule has 1 rings (SSSR count). The van der Waals surface area contributed by atoms with Crippen LogP contribution in [0, 0.1) is 0 Å². The second kappa shape index (κ2) is 7.58. The molecule has 0 aliphatic carbocycles. The number of nitrogens with two attached hydrogens (primary N) is 2. The summed E-state index contributed by atoms with van der Waals surface area (Å²) in [5.74, 6) is -0.588. The van der Waals surface area contributed by atoms with Gasteiger partial charge in [0.1, 0.15) is 6.04 Å². The molecule has 0 saturated heterocycles. The van der Waals surface area contributed by atoms with E-state index in [9.17, 15) is 9.59 Å². The Morgan fingerprint density at radius 2 is 1.94 bits per heavy atom. The van der Waals surface area contributed by atoms with E-state index >= 15 is 0 Å². The summed E-state index contributed by atoms with van der Waals surface area (Å²) in [5, 5.41) is 0. The first-order chi connectivity index (χ1) is 8.65. The number of carbonyl (C=O) groups is 1. The van der Waals surface area contributed by atoms with E-state index in [1.165, 1.54) is 12.1 Å². The number of hydrogen-bond acceptors (Lipinski definition) is 5. The topological polar surface area (TPSA) is 95.4 Å². The van der Waals surface area contributed by atoms with Gasteiger partial charge in [-0.05, 0) is 31.5 Å². The van der Waals surface area contributed by atoms with Crippen molar-refractivity contribution in [1.29, 1.82) is 0 Å². The molecule has 5 heteroatoms. The maximum absolute atomic E-state index is 11.6. The Kier molecular flexibility index (Phi) is 6.04. The maximum atomic E-state index is 11.6. The first-order valence-electron chi connectivity index (χ1n) is 5.92. The molecule has 0 unspecified atom stereocenters. The van der Waals surface area contributed by atoms with E-state index in [1.54, 1.807) is 18.2 Å². The van der Waals surface area contributed by atoms with Crippen LogP contribution >= 0.6 is 0 Å². The van der Waals surface area contributed by atoms with Gasteiger partial charge in [-0.1, -0.05) is 24.6 Å². The smallest absolute Gasteiger partial charge is 0.328 e. The van der Waals surface area contributed by atoms with Gasteiger partial charge in [0.2, 0.25) is 5.43 Å². The zero-order chi connectivity index (χ0) is 13.4. The van der Waals surface area contributed by atoms with E-state index in [4.69, 9.17) is 16.2 Å². The van der Waals surface area contributed by atoms with E-state index in [0.29, 0.717) is 13.0 Å². The van der Waals surface area contributed by atoms with Crippen molar-refractivity contribution in [3.8, 4) is 5.75 Å². The standard InChI is InChI=1S/C13H18N2O3/c14-9-5-4-6-10(15)13(17)18-12-8-3-1-2-7-11(12)16/h1-3,7-8,10H,4-6,9,14-15H2/t10-/m0/s1. The van der Waals surface area contributed by atoms with E-state index in [2.05, 4.69) is 0 Å². The fraction of sp³-hybridized carbons (Fsp3) is 0.385. The zero-order valence-corrected chi connectivity index (χ0v) is 10.2. The van der Waals surface area contributed by atoms with Crippen LogP contribution < -0.4 is 21.6 Å². The number of carbonyl (C=O) groups excluding carboxylic acids is 1. The van der Waals surface area contributed by atoms with E-state index in [0.717, 1.165) is 12.8 Å². The summed E-state index contributed by atoms with van der Waals surface area (Å²) in [6.07, 6.45) is 2.08. The quantitative estimate of drug-likeness (QED) is 0.563. The van der Waals surface area contributed by atoms with Crippen LogP contribution in [-0.4, -0.2) is 18.6 Å². The molecule has 18 heavy (non-hydrogen) atoms. The number of rotatable bonds is 6. The van der Waals surface area contributed by atoms with Crippen molar-refractivity contribution in [2.24, 2.45) is 11.5 Å². The van der Waals surface area contributed by atoms with Crippen LogP contribution in [-0.2, 0) is 4.79 Å². The van der Waals surface area contributed by atoms with E-state index in [1.807, 2.05) is 0 Å². The first kappa shape index (κ1) is 14.3. The third-order valence-corrected chi connectivity index (χ3v) is 2.44. The first-order valence-corrected chi connectivity index (χ1v) is 5.92. The molecule has 0 fully saturated rings. The van der Waals surface area contributed by atoms with Gasteiger partial charge in [-0.2, -0.15) is 0 Å². The highest BCUT2D eigenvalue weighted by Crippen LogP contribution is 2.05. The predicted molar refractivity (Wildman–Crippen MR) is 69.2 cm³/mol. The Labute approximate surface area is 106 Å². The summed E-state index contributed by atoms with van der Waals surface area (Å²) < 4.78 is 4.99. The molecule has 0 bridgehead atoms. The maximum Gasteiger partial charge on any atom is 0.328 e. The average Bonchev–Trinajstić information content (AvgIpc) is 2.55. The van der Waals surface area contributed by atoms with Gasteiger partial charge in [-0.15, -0.1) is 0 Å². The fourth-order valence-corrected chi connectivity index (χ4v) is 1.41. The molecule has 0 radical (unpaired) electrons. The molecule has 0 spiro atoms. The molecule has 1 aromatic rings. The molecule has 0 aliphatic heterocycles. The van der Waals surface area contributed by atoms with Crippen molar-refractivity contribution in [3.05, 3.63) is 40.6 Å². The number of ether oxygens (including phenoxy) is 1. The second-order valence-electron chi connectivity index (χ2n) is 3.95. The summed E-state index contributed by atoms with van der Waals surface area (Å²) in [4.78, 5) is 23.1. The van der Waals surface area contributed by atoms with Crippen molar-refractivity contribution >= 4 is 5.97 Å². The lowest BCUT2D eigenvalue weighted by molar-refractivity contribution is -0.136. The van der Waals surface area contributed by atoms with Gasteiger partial charge in [0.25, 0.3) is 0 Å². The van der Waals surface area contributed by atoms with Gasteiger partial charge in [-0.25, -0.2) is 4.79 Å². The number of esters is 1. The summed E-state index contributed by atoms with van der Waals surface area (Å²) in [7, 11) is 0. The SMILES string of the molecule is NCCCC[C@H](N)C(=O)Oc1cccccc1=O. The van der Waals surface area contributed by atoms with Gasteiger partial charge in [0, 0.05) is 0 Å². The van der Waals surface area contributed by atoms with Crippen LogP contribution in [0.1, 0.15) is 19.3 Å². The highest BCUT2D eigenvalue weighted by atomic mass is 16.5. The highest BCUT2D eigenvalue weighted by molar-refractivity contribution is 5.77. The lowest BCUT2D eigenvalue weighted by Crippen LogP contribution is -2.35. The van der Waals surface area contributed by atoms with Crippen LogP contribution in [0.4, 0.5) is 0 Å². The van der Waals surface area contributed by atoms with Crippen LogP contribution in [0.2, 0.25) is 0 Å². The largest absolute Gasteiger partial charge is 0.421 e. The molecule has 0 aliphatic rings. The molecule has 0 saturated carbocycles. The molecule has 5 nitrogen and oxygen atoms in total. The van der Waals surface area contributed by atoms with Gasteiger partial charge in [0.05, 0.1) is 0 Å². The predicted octanol–water partition coefficient (Wildman–Crippen LogP) is 0.409. The highest BCUT2D eigenvalue weighted by Gasteiger charge is 2.16. The minimum absolute atomic E-state index is 0.000671. The van der Waals surface area contributed by atoms with Crippen molar-refractivity contribution in [3.63, 3.8) is 0 Å². The fourth-order valence-electron chi connectivity index (χ4n) is 1.41. The number of hydrogen-bond donors (Lipinski definition) is 2. The third kappa shape index (κ3) is 4.65. The van der Waals surface area contributed by atoms with Crippen molar-refractivity contribution in [2.45, 2.75) is 25.3 Å². The van der Waals surface area contributed by atoms with Crippen molar-refractivity contribution in [1.82, 2.24) is 0 Å². The van der Waals surface area contributed by atoms with Crippen LogP contribution in [0.3, 0.4) is 0 Å². The molecular formula is C13H18N2O3. The lowest BCUT2D eigenvalue weighted by atomic mass is 10.1. The number of unbranched alkanes of at least 4 members (excludes halogenated alkanes) is 1. The summed E-state index contributed by atoms with van der Waals surface area (Å²) >= 11 is 0. The molecule has 1 atom stereocenters. The third-order valence-electron chi connectivity index (χ3n) is 2.44. The van der Waals surface area contributed by atoms with Crippen LogP contribution in [0.15, 0.2) is 35.1 Å². The van der Waals surface area contributed by atoms with Gasteiger partial charge in [-0.3, -0.25) is 4.79 Å². The second-order valence-corrected chi connectivity index (χ2v) is 3.95. The minimum atomic E-state index is -0.721. The summed E-state index contributed by atoms with van der Waals surface area (Å²) in [5.41, 5.74) is 10.7. The van der Waals surface area contributed by atoms with Crippen molar-refractivity contribution in [2.75, 3.05) is 6.54 Å².